The highest BCUT2D eigenvalue weighted by molar-refractivity contribution is 7.89. The van der Waals surface area contributed by atoms with Crippen molar-refractivity contribution < 1.29 is 17.9 Å². The minimum Gasteiger partial charge on any atom is -0.497 e. The van der Waals surface area contributed by atoms with Crippen molar-refractivity contribution in [2.45, 2.75) is 38.8 Å². The molecule has 3 rings (SSSR count). The fraction of sp³-hybridized carbons (Fsp3) is 0.381. The highest BCUT2D eigenvalue weighted by atomic mass is 32.2. The summed E-state index contributed by atoms with van der Waals surface area (Å²) in [4.78, 5) is 12.7. The molecule has 0 bridgehead atoms. The van der Waals surface area contributed by atoms with Crippen molar-refractivity contribution in [2.24, 2.45) is 0 Å². The monoisotopic (exact) mass is 402 g/mol. The lowest BCUT2D eigenvalue weighted by Crippen LogP contribution is -2.43. The third-order valence-corrected chi connectivity index (χ3v) is 6.26. The van der Waals surface area contributed by atoms with Crippen LogP contribution in [0.4, 0.5) is 0 Å². The van der Waals surface area contributed by atoms with Crippen LogP contribution in [0.3, 0.4) is 0 Å². The summed E-state index contributed by atoms with van der Waals surface area (Å²) in [5.74, 6) is 0.378. The summed E-state index contributed by atoms with van der Waals surface area (Å²) in [5, 5.41) is 3.03. The second kappa shape index (κ2) is 8.32. The van der Waals surface area contributed by atoms with Crippen molar-refractivity contribution in [1.29, 1.82) is 0 Å². The van der Waals surface area contributed by atoms with E-state index >= 15 is 0 Å². The van der Waals surface area contributed by atoms with E-state index in [9.17, 15) is 13.2 Å². The number of carbonyl (C=O) groups is 1. The summed E-state index contributed by atoms with van der Waals surface area (Å²) in [6.07, 6.45) is 0.878. The Morgan fingerprint density at radius 3 is 2.54 bits per heavy atom. The number of sulfonamides is 1. The van der Waals surface area contributed by atoms with Crippen LogP contribution in [0.5, 0.6) is 5.75 Å². The van der Waals surface area contributed by atoms with Crippen LogP contribution in [0.2, 0.25) is 0 Å². The number of hydrogen-bond donors (Lipinski definition) is 2. The molecular formula is C21H26N2O4S. The largest absolute Gasteiger partial charge is 0.497 e. The number of hydrogen-bond acceptors (Lipinski definition) is 4. The van der Waals surface area contributed by atoms with Gasteiger partial charge in [0.1, 0.15) is 11.8 Å². The molecule has 1 aliphatic heterocycles. The Kier molecular flexibility index (Phi) is 6.05. The standard InChI is InChI=1S/C21H26N2O4S/c1-14-9-15(2)11-16(10-14)12-20(17-5-4-6-18(13-17)27-3)22-21(24)19-7-8-28(25,26)23-19/h4-6,9-11,13,19-20,23H,7-8,12H2,1-3H3,(H,22,24). The van der Waals surface area contributed by atoms with Crippen molar-refractivity contribution in [3.8, 4) is 5.75 Å². The van der Waals surface area contributed by atoms with Crippen LogP contribution in [0.25, 0.3) is 0 Å². The Bertz CT molecular complexity index is 952. The number of nitrogens with one attached hydrogen (secondary N) is 2. The van der Waals surface area contributed by atoms with E-state index in [-0.39, 0.29) is 24.1 Å². The van der Waals surface area contributed by atoms with E-state index in [2.05, 4.69) is 28.2 Å². The van der Waals surface area contributed by atoms with Crippen LogP contribution in [-0.2, 0) is 21.2 Å². The molecule has 150 valence electrons. The molecule has 2 aromatic carbocycles. The summed E-state index contributed by atoms with van der Waals surface area (Å²) >= 11 is 0. The van der Waals surface area contributed by atoms with Gasteiger partial charge in [-0.15, -0.1) is 0 Å². The van der Waals surface area contributed by atoms with Gasteiger partial charge in [0.05, 0.1) is 18.9 Å². The first-order valence-corrected chi connectivity index (χ1v) is 10.9. The summed E-state index contributed by atoms with van der Waals surface area (Å²) < 4.78 is 31.0. The molecule has 2 aromatic rings. The summed E-state index contributed by atoms with van der Waals surface area (Å²) in [7, 11) is -1.75. The van der Waals surface area contributed by atoms with Crippen LogP contribution >= 0.6 is 0 Å². The van der Waals surface area contributed by atoms with Crippen molar-refractivity contribution in [2.75, 3.05) is 12.9 Å². The number of benzene rings is 2. The quantitative estimate of drug-likeness (QED) is 0.777. The predicted octanol–water partition coefficient (Wildman–Crippen LogP) is 2.40. The van der Waals surface area contributed by atoms with E-state index in [0.29, 0.717) is 12.2 Å². The lowest BCUT2D eigenvalue weighted by Gasteiger charge is -2.22. The molecular weight excluding hydrogens is 376 g/mol. The average Bonchev–Trinajstić information content (AvgIpc) is 3.00. The minimum atomic E-state index is -3.35. The van der Waals surface area contributed by atoms with Crippen LogP contribution < -0.4 is 14.8 Å². The van der Waals surface area contributed by atoms with Gasteiger partial charge in [0.2, 0.25) is 15.9 Å². The number of aryl methyl sites for hydroxylation is 2. The molecule has 7 heteroatoms. The number of methoxy groups -OCH3 is 1. The third-order valence-electron chi connectivity index (χ3n) is 4.85. The summed E-state index contributed by atoms with van der Waals surface area (Å²) in [6, 6.07) is 12.9. The fourth-order valence-electron chi connectivity index (χ4n) is 3.60. The van der Waals surface area contributed by atoms with Gasteiger partial charge < -0.3 is 10.1 Å². The Labute approximate surface area is 166 Å². The van der Waals surface area contributed by atoms with Gasteiger partial charge >= 0.3 is 0 Å². The van der Waals surface area contributed by atoms with Gasteiger partial charge in [0.15, 0.2) is 0 Å². The van der Waals surface area contributed by atoms with Crippen molar-refractivity contribution in [1.82, 2.24) is 10.0 Å². The van der Waals surface area contributed by atoms with Crippen LogP contribution in [0.15, 0.2) is 42.5 Å². The minimum absolute atomic E-state index is 0.0218. The molecule has 1 saturated heterocycles. The Hall–Kier alpha value is -2.38. The molecule has 0 aliphatic carbocycles. The molecule has 1 amide bonds. The first-order chi connectivity index (χ1) is 13.3. The Morgan fingerprint density at radius 1 is 1.21 bits per heavy atom. The van der Waals surface area contributed by atoms with Gasteiger partial charge in [-0.05, 0) is 49.9 Å². The number of rotatable bonds is 6. The molecule has 0 aromatic heterocycles. The van der Waals surface area contributed by atoms with E-state index in [1.165, 1.54) is 0 Å². The topological polar surface area (TPSA) is 84.5 Å². The van der Waals surface area contributed by atoms with Gasteiger partial charge in [0, 0.05) is 0 Å². The predicted molar refractivity (Wildman–Crippen MR) is 109 cm³/mol. The number of amides is 1. The summed E-state index contributed by atoms with van der Waals surface area (Å²) in [5.41, 5.74) is 4.34. The van der Waals surface area contributed by atoms with E-state index < -0.39 is 16.1 Å². The van der Waals surface area contributed by atoms with Crippen molar-refractivity contribution in [3.05, 3.63) is 64.7 Å². The van der Waals surface area contributed by atoms with Gasteiger partial charge in [-0.1, -0.05) is 41.5 Å². The SMILES string of the molecule is COc1cccc(C(Cc2cc(C)cc(C)c2)NC(=O)C2CCS(=O)(=O)N2)c1. The summed E-state index contributed by atoms with van der Waals surface area (Å²) in [6.45, 7) is 4.09. The third kappa shape index (κ3) is 5.11. The van der Waals surface area contributed by atoms with E-state index in [4.69, 9.17) is 4.74 Å². The number of ether oxygens (including phenoxy) is 1. The van der Waals surface area contributed by atoms with Crippen molar-refractivity contribution in [3.63, 3.8) is 0 Å². The lowest BCUT2D eigenvalue weighted by atomic mass is 9.96. The molecule has 2 unspecified atom stereocenters. The molecule has 0 radical (unpaired) electrons. The molecule has 2 atom stereocenters. The van der Waals surface area contributed by atoms with Gasteiger partial charge in [-0.2, -0.15) is 0 Å². The van der Waals surface area contributed by atoms with Crippen LogP contribution in [0, 0.1) is 13.8 Å². The van der Waals surface area contributed by atoms with Gasteiger partial charge in [-0.3, -0.25) is 4.79 Å². The molecule has 1 aliphatic rings. The first-order valence-electron chi connectivity index (χ1n) is 9.27. The smallest absolute Gasteiger partial charge is 0.238 e. The zero-order valence-corrected chi connectivity index (χ0v) is 17.2. The van der Waals surface area contributed by atoms with Gasteiger partial charge in [0.25, 0.3) is 0 Å². The van der Waals surface area contributed by atoms with E-state index in [0.717, 1.165) is 22.3 Å². The molecule has 0 spiro atoms. The number of carbonyl (C=O) groups excluding carboxylic acids is 1. The highest BCUT2D eigenvalue weighted by Gasteiger charge is 2.33. The molecule has 28 heavy (non-hydrogen) atoms. The Balaban J connectivity index is 1.86. The molecule has 2 N–H and O–H groups in total. The maximum Gasteiger partial charge on any atom is 0.238 e. The van der Waals surface area contributed by atoms with Crippen molar-refractivity contribution >= 4 is 15.9 Å². The van der Waals surface area contributed by atoms with Crippen LogP contribution in [0.1, 0.15) is 34.7 Å². The zero-order chi connectivity index (χ0) is 20.3. The van der Waals surface area contributed by atoms with Gasteiger partial charge in [-0.25, -0.2) is 13.1 Å². The molecule has 0 saturated carbocycles. The molecule has 1 fully saturated rings. The lowest BCUT2D eigenvalue weighted by molar-refractivity contribution is -0.123. The van der Waals surface area contributed by atoms with E-state index in [1.807, 2.05) is 38.1 Å². The zero-order valence-electron chi connectivity index (χ0n) is 16.4. The maximum absolute atomic E-state index is 12.7. The fourth-order valence-corrected chi connectivity index (χ4v) is 4.92. The molecule has 6 nitrogen and oxygen atoms in total. The first kappa shape index (κ1) is 20.4. The Morgan fingerprint density at radius 2 is 1.93 bits per heavy atom. The second-order valence-electron chi connectivity index (χ2n) is 7.32. The van der Waals surface area contributed by atoms with Crippen LogP contribution in [-0.4, -0.2) is 33.2 Å². The average molecular weight is 403 g/mol. The van der Waals surface area contributed by atoms with E-state index in [1.54, 1.807) is 7.11 Å². The maximum atomic E-state index is 12.7. The highest BCUT2D eigenvalue weighted by Crippen LogP contribution is 2.24. The second-order valence-corrected chi connectivity index (χ2v) is 9.19. The normalized spacial score (nSPS) is 19.2. The molecule has 1 heterocycles.